The number of hydrogen-bond acceptors (Lipinski definition) is 5. The molecule has 0 bridgehead atoms. The van der Waals surface area contributed by atoms with Gasteiger partial charge in [-0.25, -0.2) is 4.79 Å². The molecule has 0 saturated heterocycles. The second-order valence-electron chi connectivity index (χ2n) is 5.31. The maximum atomic E-state index is 11.6. The Morgan fingerprint density at radius 2 is 2.15 bits per heavy atom. The van der Waals surface area contributed by atoms with Gasteiger partial charge in [0.25, 0.3) is 0 Å². The average Bonchev–Trinajstić information content (AvgIpc) is 2.79. The average molecular weight is 284 g/mol. The third-order valence-corrected chi connectivity index (χ3v) is 2.86. The van der Waals surface area contributed by atoms with E-state index in [4.69, 9.17) is 9.63 Å². The highest BCUT2D eigenvalue weighted by Crippen LogP contribution is 2.14. The number of nitrogens with zero attached hydrogens (tertiary/aromatic N) is 2. The molecule has 0 aliphatic heterocycles. The van der Waals surface area contributed by atoms with Gasteiger partial charge in [-0.3, -0.25) is 0 Å². The molecule has 7 nitrogen and oxygen atoms in total. The Bertz CT molecular complexity index is 406. The van der Waals surface area contributed by atoms with E-state index >= 15 is 0 Å². The number of carbonyl (C=O) groups excluding carboxylic acids is 1. The fourth-order valence-corrected chi connectivity index (χ4v) is 2.02. The first kappa shape index (κ1) is 16.4. The molecule has 0 fully saturated rings. The molecule has 7 heteroatoms. The van der Waals surface area contributed by atoms with Crippen molar-refractivity contribution in [2.75, 3.05) is 13.2 Å². The van der Waals surface area contributed by atoms with Crippen LogP contribution in [0.25, 0.3) is 0 Å². The molecule has 114 valence electrons. The molecule has 1 heterocycles. The van der Waals surface area contributed by atoms with E-state index in [1.807, 2.05) is 0 Å². The van der Waals surface area contributed by atoms with Crippen LogP contribution in [-0.2, 0) is 6.54 Å². The number of aryl methyl sites for hydroxylation is 1. The molecule has 2 amide bonds. The Morgan fingerprint density at radius 1 is 1.40 bits per heavy atom. The Morgan fingerprint density at radius 3 is 2.70 bits per heavy atom. The van der Waals surface area contributed by atoms with Crippen LogP contribution in [0.1, 0.15) is 38.4 Å². The van der Waals surface area contributed by atoms with Gasteiger partial charge in [0, 0.05) is 13.2 Å². The lowest BCUT2D eigenvalue weighted by Crippen LogP contribution is -2.38. The normalized spacial score (nSPS) is 12.4. The lowest BCUT2D eigenvalue weighted by atomic mass is 9.94. The molecule has 1 rings (SSSR count). The highest BCUT2D eigenvalue weighted by molar-refractivity contribution is 5.73. The molecular weight excluding hydrogens is 260 g/mol. The quantitative estimate of drug-likeness (QED) is 0.666. The zero-order valence-corrected chi connectivity index (χ0v) is 12.3. The number of nitrogens with one attached hydrogen (secondary N) is 2. The Hall–Kier alpha value is -1.63. The van der Waals surface area contributed by atoms with E-state index in [2.05, 4.69) is 34.6 Å². The number of amides is 2. The number of hydrogen-bond donors (Lipinski definition) is 3. The summed E-state index contributed by atoms with van der Waals surface area (Å²) in [5.41, 5.74) is 0. The smallest absolute Gasteiger partial charge is 0.315 e. The molecule has 1 aromatic rings. The third kappa shape index (κ3) is 6.51. The van der Waals surface area contributed by atoms with Gasteiger partial charge in [-0.05, 0) is 31.6 Å². The van der Waals surface area contributed by atoms with E-state index in [-0.39, 0.29) is 25.1 Å². The van der Waals surface area contributed by atoms with Gasteiger partial charge < -0.3 is 20.3 Å². The van der Waals surface area contributed by atoms with Gasteiger partial charge in [0.2, 0.25) is 5.89 Å². The fraction of sp³-hybridized carbons (Fsp3) is 0.769. The van der Waals surface area contributed by atoms with Crippen LogP contribution in [0.3, 0.4) is 0 Å². The van der Waals surface area contributed by atoms with Gasteiger partial charge in [-0.1, -0.05) is 19.0 Å². The summed E-state index contributed by atoms with van der Waals surface area (Å²) in [6.45, 7) is 6.88. The lowest BCUT2D eigenvalue weighted by molar-refractivity contribution is 0.223. The van der Waals surface area contributed by atoms with E-state index in [0.29, 0.717) is 30.6 Å². The van der Waals surface area contributed by atoms with Crippen LogP contribution >= 0.6 is 0 Å². The van der Waals surface area contributed by atoms with E-state index < -0.39 is 0 Å². The first-order valence-corrected chi connectivity index (χ1v) is 6.93. The number of urea groups is 1. The van der Waals surface area contributed by atoms with Crippen molar-refractivity contribution >= 4 is 6.03 Å². The summed E-state index contributed by atoms with van der Waals surface area (Å²) in [5.74, 6) is 1.75. The van der Waals surface area contributed by atoms with Gasteiger partial charge in [0.15, 0.2) is 5.82 Å². The molecule has 0 aromatic carbocycles. The first-order valence-electron chi connectivity index (χ1n) is 6.93. The van der Waals surface area contributed by atoms with Crippen molar-refractivity contribution in [3.63, 3.8) is 0 Å². The molecule has 0 aliphatic carbocycles. The standard InChI is InChI=1S/C13H24N4O3/c1-9(2)6-11(4-5-18)7-14-13(19)15-8-12-16-10(3)17-20-12/h9,11,18H,4-8H2,1-3H3,(H2,14,15,19). The summed E-state index contributed by atoms with van der Waals surface area (Å²) in [6.07, 6.45) is 1.67. The van der Waals surface area contributed by atoms with Gasteiger partial charge in [-0.2, -0.15) is 4.98 Å². The second kappa shape index (κ2) is 8.52. The second-order valence-corrected chi connectivity index (χ2v) is 5.31. The van der Waals surface area contributed by atoms with Gasteiger partial charge in [0.05, 0.1) is 6.54 Å². The van der Waals surface area contributed by atoms with Crippen molar-refractivity contribution in [1.29, 1.82) is 0 Å². The van der Waals surface area contributed by atoms with Gasteiger partial charge in [-0.15, -0.1) is 0 Å². The summed E-state index contributed by atoms with van der Waals surface area (Å²) in [6, 6.07) is -0.271. The molecule has 3 N–H and O–H groups in total. The monoisotopic (exact) mass is 284 g/mol. The predicted molar refractivity (Wildman–Crippen MR) is 73.9 cm³/mol. The zero-order valence-electron chi connectivity index (χ0n) is 12.3. The van der Waals surface area contributed by atoms with Crippen LogP contribution in [0, 0.1) is 18.8 Å². The molecule has 20 heavy (non-hydrogen) atoms. The molecular formula is C13H24N4O3. The highest BCUT2D eigenvalue weighted by Gasteiger charge is 2.12. The number of rotatable bonds is 8. The Balaban J connectivity index is 2.26. The van der Waals surface area contributed by atoms with Crippen molar-refractivity contribution in [3.8, 4) is 0 Å². The Kier molecular flexibility index (Phi) is 7.00. The topological polar surface area (TPSA) is 100 Å². The van der Waals surface area contributed by atoms with Crippen LogP contribution in [-0.4, -0.2) is 34.4 Å². The van der Waals surface area contributed by atoms with Crippen molar-refractivity contribution in [1.82, 2.24) is 20.8 Å². The van der Waals surface area contributed by atoms with Gasteiger partial charge >= 0.3 is 6.03 Å². The van der Waals surface area contributed by atoms with E-state index in [1.165, 1.54) is 0 Å². The zero-order chi connectivity index (χ0) is 15.0. The minimum absolute atomic E-state index is 0.141. The summed E-state index contributed by atoms with van der Waals surface area (Å²) >= 11 is 0. The number of aliphatic hydroxyl groups is 1. The van der Waals surface area contributed by atoms with Crippen LogP contribution in [0.15, 0.2) is 4.52 Å². The van der Waals surface area contributed by atoms with E-state index in [9.17, 15) is 4.79 Å². The summed E-state index contributed by atoms with van der Waals surface area (Å²) in [5, 5.41) is 18.1. The van der Waals surface area contributed by atoms with Crippen LogP contribution in [0.5, 0.6) is 0 Å². The molecule has 1 unspecified atom stereocenters. The molecule has 0 radical (unpaired) electrons. The SMILES string of the molecule is Cc1noc(CNC(=O)NCC(CCO)CC(C)C)n1. The fourth-order valence-electron chi connectivity index (χ4n) is 2.02. The Labute approximate surface area is 119 Å². The molecule has 0 aliphatic rings. The number of carbonyl (C=O) groups is 1. The maximum absolute atomic E-state index is 11.6. The summed E-state index contributed by atoms with van der Waals surface area (Å²) < 4.78 is 4.89. The van der Waals surface area contributed by atoms with Crippen molar-refractivity contribution in [2.24, 2.45) is 11.8 Å². The van der Waals surface area contributed by atoms with Crippen LogP contribution in [0.2, 0.25) is 0 Å². The first-order chi connectivity index (χ1) is 9.51. The van der Waals surface area contributed by atoms with E-state index in [0.717, 1.165) is 6.42 Å². The van der Waals surface area contributed by atoms with E-state index in [1.54, 1.807) is 6.92 Å². The predicted octanol–water partition coefficient (Wildman–Crippen LogP) is 1.22. The molecule has 1 aromatic heterocycles. The minimum atomic E-state index is -0.271. The summed E-state index contributed by atoms with van der Waals surface area (Å²) in [4.78, 5) is 15.6. The number of aromatic nitrogens is 2. The van der Waals surface area contributed by atoms with Gasteiger partial charge in [0.1, 0.15) is 0 Å². The highest BCUT2D eigenvalue weighted by atomic mass is 16.5. The largest absolute Gasteiger partial charge is 0.396 e. The van der Waals surface area contributed by atoms with Crippen LogP contribution in [0.4, 0.5) is 4.79 Å². The van der Waals surface area contributed by atoms with Crippen LogP contribution < -0.4 is 10.6 Å². The van der Waals surface area contributed by atoms with Crippen molar-refractivity contribution < 1.29 is 14.4 Å². The summed E-state index contributed by atoms with van der Waals surface area (Å²) in [7, 11) is 0. The number of aliphatic hydroxyl groups excluding tert-OH is 1. The third-order valence-electron chi connectivity index (χ3n) is 2.86. The maximum Gasteiger partial charge on any atom is 0.315 e. The minimum Gasteiger partial charge on any atom is -0.396 e. The van der Waals surface area contributed by atoms with Crippen molar-refractivity contribution in [3.05, 3.63) is 11.7 Å². The molecule has 0 spiro atoms. The lowest BCUT2D eigenvalue weighted by Gasteiger charge is -2.18. The van der Waals surface area contributed by atoms with Crippen molar-refractivity contribution in [2.45, 2.75) is 40.2 Å². The molecule has 0 saturated carbocycles. The molecule has 1 atom stereocenters.